The highest BCUT2D eigenvalue weighted by atomic mass is 16.5. The fourth-order valence-corrected chi connectivity index (χ4v) is 2.18. The lowest BCUT2D eigenvalue weighted by molar-refractivity contribution is -0.118. The number of amides is 1. The number of H-pyrrole nitrogens is 1. The van der Waals surface area contributed by atoms with E-state index in [1.54, 1.807) is 18.2 Å². The van der Waals surface area contributed by atoms with Gasteiger partial charge < -0.3 is 14.5 Å². The van der Waals surface area contributed by atoms with E-state index in [4.69, 9.17) is 9.15 Å². The zero-order valence-corrected chi connectivity index (χ0v) is 12.8. The minimum Gasteiger partial charge on any atom is -0.484 e. The molecule has 1 aromatic heterocycles. The van der Waals surface area contributed by atoms with Crippen molar-refractivity contribution in [2.45, 2.75) is 13.8 Å². The number of hydrogen-bond donors (Lipinski definition) is 2. The van der Waals surface area contributed by atoms with Gasteiger partial charge in [0.15, 0.2) is 12.2 Å². The third-order valence-electron chi connectivity index (χ3n) is 3.55. The van der Waals surface area contributed by atoms with Gasteiger partial charge in [-0.05, 0) is 55.3 Å². The lowest BCUT2D eigenvalue weighted by Gasteiger charge is -2.09. The number of oxazole rings is 1. The molecule has 0 atom stereocenters. The number of aryl methyl sites for hydroxylation is 2. The van der Waals surface area contributed by atoms with Crippen LogP contribution in [-0.4, -0.2) is 17.5 Å². The van der Waals surface area contributed by atoms with E-state index in [9.17, 15) is 9.59 Å². The number of aromatic nitrogens is 1. The van der Waals surface area contributed by atoms with Crippen molar-refractivity contribution in [1.29, 1.82) is 0 Å². The zero-order valence-electron chi connectivity index (χ0n) is 12.8. The van der Waals surface area contributed by atoms with Crippen LogP contribution >= 0.6 is 0 Å². The van der Waals surface area contributed by atoms with Gasteiger partial charge in [-0.25, -0.2) is 4.79 Å². The summed E-state index contributed by atoms with van der Waals surface area (Å²) in [6, 6.07) is 10.6. The molecule has 0 unspecified atom stereocenters. The number of ether oxygens (including phenoxy) is 1. The molecule has 118 valence electrons. The summed E-state index contributed by atoms with van der Waals surface area (Å²) in [6.45, 7) is 3.91. The molecule has 0 bridgehead atoms. The van der Waals surface area contributed by atoms with Gasteiger partial charge in [0.1, 0.15) is 5.75 Å². The molecule has 23 heavy (non-hydrogen) atoms. The maximum Gasteiger partial charge on any atom is 0.417 e. The lowest BCUT2D eigenvalue weighted by atomic mass is 10.1. The summed E-state index contributed by atoms with van der Waals surface area (Å²) < 4.78 is 10.4. The van der Waals surface area contributed by atoms with E-state index in [1.165, 1.54) is 5.56 Å². The van der Waals surface area contributed by atoms with Crippen molar-refractivity contribution in [2.75, 3.05) is 11.9 Å². The molecule has 3 aromatic rings. The van der Waals surface area contributed by atoms with E-state index in [0.717, 1.165) is 5.56 Å². The van der Waals surface area contributed by atoms with Crippen LogP contribution in [0.15, 0.2) is 45.6 Å². The van der Waals surface area contributed by atoms with Crippen LogP contribution in [0.2, 0.25) is 0 Å². The number of carbonyl (C=O) groups excluding carboxylic acids is 1. The first-order valence-corrected chi connectivity index (χ1v) is 7.14. The molecular weight excluding hydrogens is 296 g/mol. The number of benzene rings is 2. The summed E-state index contributed by atoms with van der Waals surface area (Å²) in [7, 11) is 0. The Morgan fingerprint density at radius 1 is 1.17 bits per heavy atom. The van der Waals surface area contributed by atoms with Crippen LogP contribution in [-0.2, 0) is 4.79 Å². The van der Waals surface area contributed by atoms with Gasteiger partial charge >= 0.3 is 5.76 Å². The maximum absolute atomic E-state index is 11.9. The van der Waals surface area contributed by atoms with Gasteiger partial charge in [-0.1, -0.05) is 6.07 Å². The van der Waals surface area contributed by atoms with E-state index >= 15 is 0 Å². The molecule has 0 spiro atoms. The van der Waals surface area contributed by atoms with Crippen LogP contribution < -0.4 is 15.8 Å². The first-order chi connectivity index (χ1) is 11.0. The second-order valence-electron chi connectivity index (χ2n) is 5.31. The predicted octanol–water partition coefficient (Wildman–Crippen LogP) is 2.76. The summed E-state index contributed by atoms with van der Waals surface area (Å²) in [5.74, 6) is -0.159. The summed E-state index contributed by atoms with van der Waals surface area (Å²) >= 11 is 0. The van der Waals surface area contributed by atoms with Gasteiger partial charge in [0.2, 0.25) is 0 Å². The molecule has 0 fully saturated rings. The number of rotatable bonds is 4. The van der Waals surface area contributed by atoms with Crippen molar-refractivity contribution in [3.8, 4) is 5.75 Å². The van der Waals surface area contributed by atoms with Gasteiger partial charge in [-0.15, -0.1) is 0 Å². The summed E-state index contributed by atoms with van der Waals surface area (Å²) in [4.78, 5) is 25.6. The summed E-state index contributed by atoms with van der Waals surface area (Å²) in [5.41, 5.74) is 3.81. The molecule has 1 amide bonds. The van der Waals surface area contributed by atoms with Crippen LogP contribution in [0.4, 0.5) is 5.69 Å². The van der Waals surface area contributed by atoms with E-state index in [0.29, 0.717) is 22.5 Å². The first kappa shape index (κ1) is 14.9. The van der Waals surface area contributed by atoms with Crippen LogP contribution in [0.5, 0.6) is 5.75 Å². The van der Waals surface area contributed by atoms with Crippen molar-refractivity contribution < 1.29 is 13.9 Å². The lowest BCUT2D eigenvalue weighted by Crippen LogP contribution is -2.20. The fraction of sp³-hybridized carbons (Fsp3) is 0.176. The van der Waals surface area contributed by atoms with Crippen LogP contribution in [0.3, 0.4) is 0 Å². The predicted molar refractivity (Wildman–Crippen MR) is 86.9 cm³/mol. The normalized spacial score (nSPS) is 10.7. The van der Waals surface area contributed by atoms with Crippen molar-refractivity contribution in [1.82, 2.24) is 4.98 Å². The van der Waals surface area contributed by atoms with Crippen molar-refractivity contribution in [3.05, 3.63) is 58.1 Å². The molecular formula is C17H16N2O4. The Bertz CT molecular complexity index is 924. The van der Waals surface area contributed by atoms with Crippen LogP contribution in [0.25, 0.3) is 11.1 Å². The minimum absolute atomic E-state index is 0.0948. The highest BCUT2D eigenvalue weighted by Gasteiger charge is 2.07. The standard InChI is InChI=1S/C17H16N2O4/c1-10-3-5-13(7-11(10)2)22-9-16(20)18-12-4-6-15-14(8-12)19-17(21)23-15/h3-8H,9H2,1-2H3,(H,18,20)(H,19,21). The average molecular weight is 312 g/mol. The Kier molecular flexibility index (Phi) is 3.89. The molecule has 3 rings (SSSR count). The topological polar surface area (TPSA) is 84.3 Å². The molecule has 2 aromatic carbocycles. The van der Waals surface area contributed by atoms with E-state index in [1.807, 2.05) is 32.0 Å². The molecule has 6 heteroatoms. The van der Waals surface area contributed by atoms with Gasteiger partial charge in [-0.2, -0.15) is 0 Å². The maximum atomic E-state index is 11.9. The number of carbonyl (C=O) groups is 1. The Balaban J connectivity index is 1.63. The zero-order chi connectivity index (χ0) is 16.4. The first-order valence-electron chi connectivity index (χ1n) is 7.14. The van der Waals surface area contributed by atoms with E-state index in [-0.39, 0.29) is 12.5 Å². The van der Waals surface area contributed by atoms with Gasteiger partial charge in [0, 0.05) is 5.69 Å². The Morgan fingerprint density at radius 2 is 2.00 bits per heavy atom. The largest absolute Gasteiger partial charge is 0.484 e. The van der Waals surface area contributed by atoms with Crippen LogP contribution in [0.1, 0.15) is 11.1 Å². The highest BCUT2D eigenvalue weighted by Crippen LogP contribution is 2.18. The summed E-state index contributed by atoms with van der Waals surface area (Å²) in [6.07, 6.45) is 0. The molecule has 0 saturated carbocycles. The Labute approximate surface area is 132 Å². The van der Waals surface area contributed by atoms with Gasteiger partial charge in [0.25, 0.3) is 5.91 Å². The minimum atomic E-state index is -0.526. The third-order valence-corrected chi connectivity index (χ3v) is 3.55. The van der Waals surface area contributed by atoms with Crippen molar-refractivity contribution >= 4 is 22.7 Å². The van der Waals surface area contributed by atoms with Gasteiger partial charge in [0.05, 0.1) is 5.52 Å². The van der Waals surface area contributed by atoms with E-state index < -0.39 is 5.76 Å². The molecule has 2 N–H and O–H groups in total. The SMILES string of the molecule is Cc1ccc(OCC(=O)Nc2ccc3oc(=O)[nH]c3c2)cc1C. The quantitative estimate of drug-likeness (QED) is 0.776. The van der Waals surface area contributed by atoms with Crippen molar-refractivity contribution in [3.63, 3.8) is 0 Å². The number of fused-ring (bicyclic) bond motifs is 1. The fourth-order valence-electron chi connectivity index (χ4n) is 2.18. The van der Waals surface area contributed by atoms with Gasteiger partial charge in [-0.3, -0.25) is 9.78 Å². The molecule has 6 nitrogen and oxygen atoms in total. The molecule has 0 saturated heterocycles. The van der Waals surface area contributed by atoms with Crippen LogP contribution in [0, 0.1) is 13.8 Å². The monoisotopic (exact) mass is 312 g/mol. The smallest absolute Gasteiger partial charge is 0.417 e. The molecule has 0 aliphatic heterocycles. The molecule has 0 aliphatic rings. The van der Waals surface area contributed by atoms with Crippen molar-refractivity contribution in [2.24, 2.45) is 0 Å². The highest BCUT2D eigenvalue weighted by molar-refractivity contribution is 5.93. The summed E-state index contributed by atoms with van der Waals surface area (Å²) in [5, 5.41) is 2.71. The van der Waals surface area contributed by atoms with E-state index in [2.05, 4.69) is 10.3 Å². The number of aromatic amines is 1. The Hall–Kier alpha value is -3.02. The third kappa shape index (κ3) is 3.42. The average Bonchev–Trinajstić information content (AvgIpc) is 2.88. The Morgan fingerprint density at radius 3 is 2.78 bits per heavy atom. The molecule has 0 aliphatic carbocycles. The molecule has 0 radical (unpaired) electrons. The second kappa shape index (κ2) is 6.00. The molecule has 1 heterocycles. The second-order valence-corrected chi connectivity index (χ2v) is 5.31. The number of hydrogen-bond acceptors (Lipinski definition) is 4. The number of anilines is 1. The number of nitrogens with one attached hydrogen (secondary N) is 2.